The van der Waals surface area contributed by atoms with Crippen molar-refractivity contribution in [2.75, 3.05) is 5.32 Å². The first-order valence-corrected chi connectivity index (χ1v) is 8.18. The van der Waals surface area contributed by atoms with Gasteiger partial charge in [0.2, 0.25) is 5.88 Å². The fourth-order valence-electron chi connectivity index (χ4n) is 2.70. The summed E-state index contributed by atoms with van der Waals surface area (Å²) < 4.78 is 7.34. The number of nitriles is 1. The van der Waals surface area contributed by atoms with Crippen molar-refractivity contribution in [2.24, 2.45) is 0 Å². The molecule has 4 aromatic rings. The molecule has 0 aliphatic rings. The van der Waals surface area contributed by atoms with Crippen LogP contribution in [-0.2, 0) is 0 Å². The van der Waals surface area contributed by atoms with E-state index in [0.29, 0.717) is 39.1 Å². The third kappa shape index (κ3) is 2.57. The zero-order valence-corrected chi connectivity index (χ0v) is 14.7. The fourth-order valence-corrected chi connectivity index (χ4v) is 2.88. The van der Waals surface area contributed by atoms with Crippen molar-refractivity contribution in [3.05, 3.63) is 58.7 Å². The first kappa shape index (κ1) is 16.1. The molecule has 4 rings (SSSR count). The Morgan fingerprint density at radius 1 is 1.27 bits per heavy atom. The van der Waals surface area contributed by atoms with E-state index >= 15 is 0 Å². The Balaban J connectivity index is 1.81. The lowest BCUT2D eigenvalue weighted by atomic mass is 10.2. The van der Waals surface area contributed by atoms with Crippen molar-refractivity contribution >= 4 is 34.3 Å². The van der Waals surface area contributed by atoms with Crippen LogP contribution in [0.3, 0.4) is 0 Å². The van der Waals surface area contributed by atoms with Gasteiger partial charge in [0.15, 0.2) is 5.65 Å². The van der Waals surface area contributed by atoms with Crippen LogP contribution in [0.2, 0.25) is 5.02 Å². The van der Waals surface area contributed by atoms with Gasteiger partial charge in [-0.25, -0.2) is 14.6 Å². The van der Waals surface area contributed by atoms with E-state index in [1.165, 1.54) is 6.33 Å². The Morgan fingerprint density at radius 2 is 2.12 bits per heavy atom. The number of furan rings is 1. The first-order chi connectivity index (χ1) is 12.6. The summed E-state index contributed by atoms with van der Waals surface area (Å²) in [6.07, 6.45) is 3.09. The molecule has 1 N–H and O–H groups in total. The second-order valence-corrected chi connectivity index (χ2v) is 6.16. The molecule has 128 valence electrons. The Bertz CT molecular complexity index is 1170. The Labute approximate surface area is 153 Å². The number of benzene rings is 1. The van der Waals surface area contributed by atoms with E-state index < -0.39 is 0 Å². The summed E-state index contributed by atoms with van der Waals surface area (Å²) in [5.41, 5.74) is 2.66. The largest absolute Gasteiger partial charge is 0.444 e. The van der Waals surface area contributed by atoms with Gasteiger partial charge in [0.05, 0.1) is 17.3 Å². The van der Waals surface area contributed by atoms with E-state index in [1.54, 1.807) is 23.0 Å². The molecule has 0 amide bonds. The van der Waals surface area contributed by atoms with Crippen molar-refractivity contribution in [3.63, 3.8) is 0 Å². The molecule has 0 fully saturated rings. The minimum absolute atomic E-state index is 0.359. The number of nitrogens with one attached hydrogen (secondary N) is 1. The van der Waals surface area contributed by atoms with Crippen LogP contribution in [0.25, 0.3) is 16.7 Å². The third-order valence-electron chi connectivity index (χ3n) is 4.15. The van der Waals surface area contributed by atoms with Gasteiger partial charge in [-0.05, 0) is 32.0 Å². The van der Waals surface area contributed by atoms with E-state index in [4.69, 9.17) is 16.0 Å². The molecule has 0 saturated carbocycles. The SMILES string of the molecule is Cc1oc(Nc2ncnc3c2cnn3-c2cccc(Cl)c2)c(C#N)c1C. The Hall–Kier alpha value is -3.37. The summed E-state index contributed by atoms with van der Waals surface area (Å²) in [6.45, 7) is 3.66. The molecular formula is C18H13ClN6O. The number of rotatable bonds is 3. The van der Waals surface area contributed by atoms with Crippen LogP contribution in [0.5, 0.6) is 0 Å². The van der Waals surface area contributed by atoms with E-state index in [1.807, 2.05) is 26.0 Å². The molecule has 0 radical (unpaired) electrons. The lowest BCUT2D eigenvalue weighted by molar-refractivity contribution is 0.548. The molecule has 0 aliphatic heterocycles. The predicted octanol–water partition coefficient (Wildman–Crippen LogP) is 4.29. The molecule has 1 aromatic carbocycles. The summed E-state index contributed by atoms with van der Waals surface area (Å²) in [7, 11) is 0. The van der Waals surface area contributed by atoms with Crippen LogP contribution in [0.15, 0.2) is 41.2 Å². The average molecular weight is 365 g/mol. The first-order valence-electron chi connectivity index (χ1n) is 7.80. The summed E-state index contributed by atoms with van der Waals surface area (Å²) in [6, 6.07) is 9.49. The number of anilines is 2. The van der Waals surface area contributed by atoms with Crippen LogP contribution in [-0.4, -0.2) is 19.7 Å². The van der Waals surface area contributed by atoms with Crippen LogP contribution in [0, 0.1) is 25.2 Å². The van der Waals surface area contributed by atoms with E-state index in [2.05, 4.69) is 26.5 Å². The summed E-state index contributed by atoms with van der Waals surface area (Å²) >= 11 is 6.07. The monoisotopic (exact) mass is 364 g/mol. The highest BCUT2D eigenvalue weighted by Crippen LogP contribution is 2.30. The number of halogens is 1. The second kappa shape index (κ2) is 6.17. The summed E-state index contributed by atoms with van der Waals surface area (Å²) in [4.78, 5) is 8.60. The smallest absolute Gasteiger partial charge is 0.216 e. The maximum Gasteiger partial charge on any atom is 0.216 e. The molecule has 0 aliphatic carbocycles. The predicted molar refractivity (Wildman–Crippen MR) is 97.8 cm³/mol. The van der Waals surface area contributed by atoms with E-state index in [-0.39, 0.29) is 0 Å². The van der Waals surface area contributed by atoms with Gasteiger partial charge < -0.3 is 9.73 Å². The van der Waals surface area contributed by atoms with Crippen molar-refractivity contribution in [2.45, 2.75) is 13.8 Å². The zero-order valence-electron chi connectivity index (χ0n) is 14.0. The van der Waals surface area contributed by atoms with Crippen LogP contribution >= 0.6 is 11.6 Å². The normalized spacial score (nSPS) is 10.8. The topological polar surface area (TPSA) is 92.6 Å². The van der Waals surface area contributed by atoms with Crippen molar-refractivity contribution < 1.29 is 4.42 Å². The van der Waals surface area contributed by atoms with E-state index in [0.717, 1.165) is 11.3 Å². The molecule has 26 heavy (non-hydrogen) atoms. The summed E-state index contributed by atoms with van der Waals surface area (Å²) in [5.74, 6) is 1.55. The molecule has 7 nitrogen and oxygen atoms in total. The lowest BCUT2D eigenvalue weighted by Crippen LogP contribution is -1.99. The molecule has 0 atom stereocenters. The van der Waals surface area contributed by atoms with Crippen molar-refractivity contribution in [1.82, 2.24) is 19.7 Å². The van der Waals surface area contributed by atoms with Gasteiger partial charge in [-0.15, -0.1) is 0 Å². The maximum atomic E-state index is 9.37. The molecular weight excluding hydrogens is 352 g/mol. The van der Waals surface area contributed by atoms with Gasteiger partial charge in [0.1, 0.15) is 29.5 Å². The quantitative estimate of drug-likeness (QED) is 0.582. The minimum Gasteiger partial charge on any atom is -0.444 e. The van der Waals surface area contributed by atoms with Gasteiger partial charge in [0, 0.05) is 10.6 Å². The molecule has 3 heterocycles. The van der Waals surface area contributed by atoms with Gasteiger partial charge >= 0.3 is 0 Å². The molecule has 0 unspecified atom stereocenters. The number of fused-ring (bicyclic) bond motifs is 1. The highest BCUT2D eigenvalue weighted by atomic mass is 35.5. The Kier molecular flexibility index (Phi) is 3.82. The molecule has 0 saturated heterocycles. The van der Waals surface area contributed by atoms with Gasteiger partial charge in [0.25, 0.3) is 0 Å². The number of aromatic nitrogens is 4. The maximum absolute atomic E-state index is 9.37. The van der Waals surface area contributed by atoms with Crippen LogP contribution < -0.4 is 5.32 Å². The Morgan fingerprint density at radius 3 is 2.88 bits per heavy atom. The highest BCUT2D eigenvalue weighted by molar-refractivity contribution is 6.30. The molecule has 8 heteroatoms. The zero-order chi connectivity index (χ0) is 18.3. The second-order valence-electron chi connectivity index (χ2n) is 5.72. The number of aryl methyl sites for hydroxylation is 1. The minimum atomic E-state index is 0.359. The average Bonchev–Trinajstić information content (AvgIpc) is 3.17. The van der Waals surface area contributed by atoms with Gasteiger partial charge in [-0.3, -0.25) is 0 Å². The van der Waals surface area contributed by atoms with Gasteiger partial charge in [-0.1, -0.05) is 17.7 Å². The standard InChI is InChI=1S/C18H13ClN6O/c1-10-11(2)26-18(14(10)7-20)24-16-15-8-23-25(17(15)22-9-21-16)13-5-3-4-12(19)6-13/h3-6,8-9H,1-2H3,(H,21,22,24). The number of hydrogen-bond acceptors (Lipinski definition) is 6. The van der Waals surface area contributed by atoms with Crippen molar-refractivity contribution in [3.8, 4) is 11.8 Å². The fraction of sp³-hybridized carbons (Fsp3) is 0.111. The number of hydrogen-bond donors (Lipinski definition) is 1. The lowest BCUT2D eigenvalue weighted by Gasteiger charge is -2.05. The van der Waals surface area contributed by atoms with Crippen LogP contribution in [0.1, 0.15) is 16.9 Å². The van der Waals surface area contributed by atoms with Crippen LogP contribution in [0.4, 0.5) is 11.7 Å². The molecule has 0 spiro atoms. The van der Waals surface area contributed by atoms with Crippen molar-refractivity contribution in [1.29, 1.82) is 5.26 Å². The van der Waals surface area contributed by atoms with Gasteiger partial charge in [-0.2, -0.15) is 10.4 Å². The summed E-state index contributed by atoms with van der Waals surface area (Å²) in [5, 5.41) is 18.2. The molecule has 3 aromatic heterocycles. The third-order valence-corrected chi connectivity index (χ3v) is 4.38. The molecule has 0 bridgehead atoms. The number of nitrogens with zero attached hydrogens (tertiary/aromatic N) is 5. The van der Waals surface area contributed by atoms with E-state index in [9.17, 15) is 5.26 Å². The highest BCUT2D eigenvalue weighted by Gasteiger charge is 2.17.